The van der Waals surface area contributed by atoms with Gasteiger partial charge in [-0.25, -0.2) is 0 Å². The van der Waals surface area contributed by atoms with Crippen LogP contribution in [0.5, 0.6) is 0 Å². The molecule has 2 rings (SSSR count). The van der Waals surface area contributed by atoms with Crippen LogP contribution in [0.25, 0.3) is 0 Å². The van der Waals surface area contributed by atoms with Gasteiger partial charge in [0.15, 0.2) is 0 Å². The lowest BCUT2D eigenvalue weighted by atomic mass is 9.94. The Morgan fingerprint density at radius 2 is 2.17 bits per heavy atom. The molecule has 98 valence electrons. The lowest BCUT2D eigenvalue weighted by molar-refractivity contribution is -0.125. The predicted octanol–water partition coefficient (Wildman–Crippen LogP) is 1.94. The molecule has 1 saturated heterocycles. The molecule has 3 atom stereocenters. The van der Waals surface area contributed by atoms with Crippen LogP contribution in [0.15, 0.2) is 30.3 Å². The molecule has 1 fully saturated rings. The van der Waals surface area contributed by atoms with Crippen LogP contribution in [0.4, 0.5) is 0 Å². The molecule has 1 aliphatic heterocycles. The van der Waals surface area contributed by atoms with E-state index in [-0.39, 0.29) is 17.9 Å². The van der Waals surface area contributed by atoms with Gasteiger partial charge in [-0.15, -0.1) is 0 Å². The molecular weight excluding hydrogens is 244 g/mol. The summed E-state index contributed by atoms with van der Waals surface area (Å²) in [4.78, 5) is 12.1. The Morgan fingerprint density at radius 1 is 1.44 bits per heavy atom. The zero-order valence-corrected chi connectivity index (χ0v) is 11.5. The van der Waals surface area contributed by atoms with E-state index in [0.29, 0.717) is 6.04 Å². The number of rotatable bonds is 4. The first-order valence-electron chi connectivity index (χ1n) is 6.37. The third-order valence-electron chi connectivity index (χ3n) is 3.41. The standard InChI is InChI=1S/C14H20N2OS/c1-10(13(15)11-5-3-2-4-6-11)14(17)16-12-7-8-18-9-12/h2-6,10,12-13H,7-9,15H2,1H3,(H,16,17). The van der Waals surface area contributed by atoms with Gasteiger partial charge in [-0.1, -0.05) is 37.3 Å². The Hall–Kier alpha value is -1.00. The quantitative estimate of drug-likeness (QED) is 0.874. The van der Waals surface area contributed by atoms with Crippen LogP contribution in [0, 0.1) is 5.92 Å². The topological polar surface area (TPSA) is 55.1 Å². The molecule has 1 heterocycles. The molecule has 1 amide bonds. The molecule has 1 aromatic carbocycles. The van der Waals surface area contributed by atoms with Crippen molar-refractivity contribution in [2.75, 3.05) is 11.5 Å². The average Bonchev–Trinajstić information content (AvgIpc) is 2.91. The molecule has 0 bridgehead atoms. The second-order valence-corrected chi connectivity index (χ2v) is 5.94. The van der Waals surface area contributed by atoms with Gasteiger partial charge in [0.2, 0.25) is 5.91 Å². The molecule has 0 radical (unpaired) electrons. The van der Waals surface area contributed by atoms with E-state index in [9.17, 15) is 4.79 Å². The SMILES string of the molecule is CC(C(=O)NC1CCSC1)C(N)c1ccccc1. The minimum Gasteiger partial charge on any atom is -0.352 e. The number of nitrogens with one attached hydrogen (secondary N) is 1. The summed E-state index contributed by atoms with van der Waals surface area (Å²) in [5, 5.41) is 3.09. The van der Waals surface area contributed by atoms with Gasteiger partial charge >= 0.3 is 0 Å². The zero-order valence-electron chi connectivity index (χ0n) is 10.6. The predicted molar refractivity (Wildman–Crippen MR) is 76.4 cm³/mol. The lowest BCUT2D eigenvalue weighted by Crippen LogP contribution is -2.41. The second-order valence-electron chi connectivity index (χ2n) is 4.79. The summed E-state index contributed by atoms with van der Waals surface area (Å²) in [5.41, 5.74) is 7.16. The van der Waals surface area contributed by atoms with Gasteiger partial charge in [0, 0.05) is 17.8 Å². The van der Waals surface area contributed by atoms with Crippen molar-refractivity contribution in [3.05, 3.63) is 35.9 Å². The molecule has 3 N–H and O–H groups in total. The summed E-state index contributed by atoms with van der Waals surface area (Å²) in [6.45, 7) is 1.90. The highest BCUT2D eigenvalue weighted by molar-refractivity contribution is 7.99. The van der Waals surface area contributed by atoms with Crippen molar-refractivity contribution < 1.29 is 4.79 Å². The van der Waals surface area contributed by atoms with Crippen molar-refractivity contribution in [1.82, 2.24) is 5.32 Å². The summed E-state index contributed by atoms with van der Waals surface area (Å²) in [5.74, 6) is 2.04. The number of carbonyl (C=O) groups is 1. The number of carbonyl (C=O) groups excluding carboxylic acids is 1. The summed E-state index contributed by atoms with van der Waals surface area (Å²) in [6, 6.07) is 9.89. The first-order valence-corrected chi connectivity index (χ1v) is 7.52. The summed E-state index contributed by atoms with van der Waals surface area (Å²) < 4.78 is 0. The van der Waals surface area contributed by atoms with Gasteiger partial charge in [-0.2, -0.15) is 11.8 Å². The highest BCUT2D eigenvalue weighted by Crippen LogP contribution is 2.21. The largest absolute Gasteiger partial charge is 0.352 e. The smallest absolute Gasteiger partial charge is 0.224 e. The fourth-order valence-corrected chi connectivity index (χ4v) is 3.26. The molecule has 4 heteroatoms. The highest BCUT2D eigenvalue weighted by Gasteiger charge is 2.25. The Morgan fingerprint density at radius 3 is 2.78 bits per heavy atom. The van der Waals surface area contributed by atoms with Crippen molar-refractivity contribution in [2.45, 2.75) is 25.4 Å². The first kappa shape index (κ1) is 13.4. The van der Waals surface area contributed by atoms with Crippen LogP contribution in [-0.4, -0.2) is 23.5 Å². The number of hydrogen-bond acceptors (Lipinski definition) is 3. The van der Waals surface area contributed by atoms with E-state index in [1.807, 2.05) is 49.0 Å². The van der Waals surface area contributed by atoms with Crippen LogP contribution in [0.2, 0.25) is 0 Å². The van der Waals surface area contributed by atoms with Gasteiger partial charge in [0.05, 0.1) is 5.92 Å². The van der Waals surface area contributed by atoms with Crippen LogP contribution < -0.4 is 11.1 Å². The average molecular weight is 264 g/mol. The normalized spacial score (nSPS) is 22.4. The van der Waals surface area contributed by atoms with Gasteiger partial charge in [0.1, 0.15) is 0 Å². The number of nitrogens with two attached hydrogens (primary N) is 1. The number of hydrogen-bond donors (Lipinski definition) is 2. The maximum atomic E-state index is 12.1. The first-order chi connectivity index (χ1) is 8.68. The van der Waals surface area contributed by atoms with Gasteiger partial charge in [0.25, 0.3) is 0 Å². The molecule has 0 saturated carbocycles. The molecule has 1 aliphatic rings. The van der Waals surface area contributed by atoms with Crippen molar-refractivity contribution in [2.24, 2.45) is 11.7 Å². The molecule has 0 spiro atoms. The Balaban J connectivity index is 1.93. The lowest BCUT2D eigenvalue weighted by Gasteiger charge is -2.21. The van der Waals surface area contributed by atoms with Crippen LogP contribution in [0.3, 0.4) is 0 Å². The Kier molecular flexibility index (Phi) is 4.66. The number of benzene rings is 1. The van der Waals surface area contributed by atoms with Crippen LogP contribution in [-0.2, 0) is 4.79 Å². The van der Waals surface area contributed by atoms with Crippen molar-refractivity contribution >= 4 is 17.7 Å². The maximum Gasteiger partial charge on any atom is 0.224 e. The van der Waals surface area contributed by atoms with Crippen LogP contribution >= 0.6 is 11.8 Å². The molecular formula is C14H20N2OS. The van der Waals surface area contributed by atoms with Gasteiger partial charge < -0.3 is 11.1 Å². The minimum absolute atomic E-state index is 0.0684. The fourth-order valence-electron chi connectivity index (χ4n) is 2.11. The van der Waals surface area contributed by atoms with Crippen molar-refractivity contribution in [1.29, 1.82) is 0 Å². The number of thioether (sulfide) groups is 1. The van der Waals surface area contributed by atoms with E-state index in [1.165, 1.54) is 0 Å². The van der Waals surface area contributed by atoms with E-state index >= 15 is 0 Å². The monoisotopic (exact) mass is 264 g/mol. The molecule has 0 aliphatic carbocycles. The summed E-state index contributed by atoms with van der Waals surface area (Å²) in [7, 11) is 0. The highest BCUT2D eigenvalue weighted by atomic mass is 32.2. The third-order valence-corrected chi connectivity index (χ3v) is 4.58. The van der Waals surface area contributed by atoms with E-state index in [1.54, 1.807) is 0 Å². The third kappa shape index (κ3) is 3.27. The summed E-state index contributed by atoms with van der Waals surface area (Å²) in [6.07, 6.45) is 1.07. The second kappa shape index (κ2) is 6.25. The minimum atomic E-state index is -0.236. The molecule has 0 aromatic heterocycles. The molecule has 18 heavy (non-hydrogen) atoms. The van der Waals surface area contributed by atoms with Crippen LogP contribution in [0.1, 0.15) is 24.9 Å². The van der Waals surface area contributed by atoms with E-state index in [4.69, 9.17) is 5.73 Å². The Labute approximate surface area is 113 Å². The fraction of sp³-hybridized carbons (Fsp3) is 0.500. The van der Waals surface area contributed by atoms with E-state index in [2.05, 4.69) is 5.32 Å². The zero-order chi connectivity index (χ0) is 13.0. The number of amides is 1. The Bertz CT molecular complexity index is 390. The molecule has 3 nitrogen and oxygen atoms in total. The van der Waals surface area contributed by atoms with E-state index < -0.39 is 0 Å². The van der Waals surface area contributed by atoms with E-state index in [0.717, 1.165) is 23.5 Å². The van der Waals surface area contributed by atoms with Crippen molar-refractivity contribution in [3.8, 4) is 0 Å². The van der Waals surface area contributed by atoms with Gasteiger partial charge in [-0.05, 0) is 17.7 Å². The van der Waals surface area contributed by atoms with Gasteiger partial charge in [-0.3, -0.25) is 4.79 Å². The summed E-state index contributed by atoms with van der Waals surface area (Å²) >= 11 is 1.89. The molecule has 1 aromatic rings. The van der Waals surface area contributed by atoms with Crippen molar-refractivity contribution in [3.63, 3.8) is 0 Å². The molecule has 3 unspecified atom stereocenters. The maximum absolute atomic E-state index is 12.1.